The van der Waals surface area contributed by atoms with Gasteiger partial charge in [0.25, 0.3) is 0 Å². The summed E-state index contributed by atoms with van der Waals surface area (Å²) < 4.78 is 1.07. The molecule has 0 unspecified atom stereocenters. The number of hydrogen-bond donors (Lipinski definition) is 1. The lowest BCUT2D eigenvalue weighted by Gasteiger charge is -2.41. The fraction of sp³-hybridized carbons (Fsp3) is 0.462. The van der Waals surface area contributed by atoms with Gasteiger partial charge in [-0.05, 0) is 37.1 Å². The highest BCUT2D eigenvalue weighted by molar-refractivity contribution is 9.10. The van der Waals surface area contributed by atoms with Crippen molar-refractivity contribution >= 4 is 27.7 Å². The molecule has 2 fully saturated rings. The lowest BCUT2D eigenvalue weighted by molar-refractivity contribution is 0.133. The van der Waals surface area contributed by atoms with E-state index in [1.165, 1.54) is 5.69 Å². The highest BCUT2D eigenvalue weighted by Gasteiger charge is 2.41. The molecule has 2 heterocycles. The number of hydrogen-bond acceptors (Lipinski definition) is 2. The van der Waals surface area contributed by atoms with Crippen molar-refractivity contribution in [2.75, 3.05) is 18.0 Å². The number of likely N-dealkylation sites (tertiary alicyclic amines) is 1. The first-order chi connectivity index (χ1) is 8.65. The lowest BCUT2D eigenvalue weighted by Crippen LogP contribution is -2.55. The van der Waals surface area contributed by atoms with Crippen molar-refractivity contribution in [1.82, 2.24) is 4.90 Å². The summed E-state index contributed by atoms with van der Waals surface area (Å²) in [5, 5.41) is 9.10. The molecule has 0 radical (unpaired) electrons. The molecule has 2 saturated heterocycles. The van der Waals surface area contributed by atoms with E-state index in [1.807, 2.05) is 12.1 Å². The Bertz CT molecular complexity index is 449. The Labute approximate surface area is 114 Å². The minimum atomic E-state index is -0.789. The number of rotatable bonds is 1. The van der Waals surface area contributed by atoms with Gasteiger partial charge >= 0.3 is 6.09 Å². The maximum absolute atomic E-state index is 11.1. The molecule has 5 heteroatoms. The number of benzene rings is 1. The second kappa shape index (κ2) is 4.46. The molecule has 0 saturated carbocycles. The molecule has 1 aromatic carbocycles. The van der Waals surface area contributed by atoms with E-state index in [9.17, 15) is 4.79 Å². The summed E-state index contributed by atoms with van der Waals surface area (Å²) in [5.74, 6) is 0. The van der Waals surface area contributed by atoms with Crippen molar-refractivity contribution in [3.05, 3.63) is 28.7 Å². The molecule has 3 rings (SSSR count). The van der Waals surface area contributed by atoms with E-state index in [1.54, 1.807) is 4.90 Å². The number of nitrogens with zero attached hydrogens (tertiary/aromatic N) is 2. The van der Waals surface area contributed by atoms with Crippen molar-refractivity contribution in [3.63, 3.8) is 0 Å². The Morgan fingerprint density at radius 1 is 1.17 bits per heavy atom. The molecule has 1 amide bonds. The van der Waals surface area contributed by atoms with Gasteiger partial charge in [0.15, 0.2) is 0 Å². The summed E-state index contributed by atoms with van der Waals surface area (Å²) in [6, 6.07) is 8.95. The summed E-state index contributed by atoms with van der Waals surface area (Å²) in [6.45, 7) is 1.25. The number of amides is 1. The highest BCUT2D eigenvalue weighted by Crippen LogP contribution is 2.35. The van der Waals surface area contributed by atoms with Crippen LogP contribution in [-0.2, 0) is 0 Å². The largest absolute Gasteiger partial charge is 0.465 e. The maximum Gasteiger partial charge on any atom is 0.407 e. The minimum Gasteiger partial charge on any atom is -0.465 e. The molecule has 2 aliphatic rings. The van der Waals surface area contributed by atoms with Crippen LogP contribution in [0.25, 0.3) is 0 Å². The van der Waals surface area contributed by atoms with Crippen LogP contribution in [0.5, 0.6) is 0 Å². The van der Waals surface area contributed by atoms with Crippen molar-refractivity contribution in [2.45, 2.75) is 24.9 Å². The van der Waals surface area contributed by atoms with Crippen molar-refractivity contribution < 1.29 is 9.90 Å². The molecule has 1 aromatic rings. The molecule has 2 aliphatic heterocycles. The highest BCUT2D eigenvalue weighted by atomic mass is 79.9. The van der Waals surface area contributed by atoms with Gasteiger partial charge in [-0.2, -0.15) is 0 Å². The Morgan fingerprint density at radius 3 is 2.22 bits per heavy atom. The predicted octanol–water partition coefficient (Wildman–Crippen LogP) is 2.78. The third-order valence-electron chi connectivity index (χ3n) is 3.88. The summed E-state index contributed by atoms with van der Waals surface area (Å²) >= 11 is 3.44. The molecular formula is C13H15BrN2O2. The van der Waals surface area contributed by atoms with Crippen LogP contribution in [0.15, 0.2) is 28.7 Å². The normalized spacial score (nSPS) is 26.5. The quantitative estimate of drug-likeness (QED) is 0.867. The number of piperazine rings is 1. The van der Waals surface area contributed by atoms with Crippen LogP contribution in [0.4, 0.5) is 10.5 Å². The molecular weight excluding hydrogens is 296 g/mol. The van der Waals surface area contributed by atoms with Gasteiger partial charge in [0.2, 0.25) is 0 Å². The first-order valence-corrected chi connectivity index (χ1v) is 6.96. The van der Waals surface area contributed by atoms with Gasteiger partial charge in [-0.25, -0.2) is 4.79 Å². The molecule has 2 atom stereocenters. The molecule has 0 spiro atoms. The first-order valence-electron chi connectivity index (χ1n) is 6.17. The average molecular weight is 311 g/mol. The van der Waals surface area contributed by atoms with E-state index < -0.39 is 6.09 Å². The second-order valence-electron chi connectivity index (χ2n) is 4.96. The SMILES string of the molecule is O=C(O)N1C[C@H]2CC[C@@H](C1)N2c1ccc(Br)cc1. The number of carboxylic acid groups (broad SMARTS) is 1. The minimum absolute atomic E-state index is 0.334. The van der Waals surface area contributed by atoms with Crippen molar-refractivity contribution in [3.8, 4) is 0 Å². The summed E-state index contributed by atoms with van der Waals surface area (Å²) in [5.41, 5.74) is 1.20. The number of anilines is 1. The van der Waals surface area contributed by atoms with Crippen LogP contribution in [0, 0.1) is 0 Å². The Morgan fingerprint density at radius 2 is 1.72 bits per heavy atom. The zero-order valence-corrected chi connectivity index (χ0v) is 11.5. The zero-order valence-electron chi connectivity index (χ0n) is 9.92. The van der Waals surface area contributed by atoms with Crippen LogP contribution < -0.4 is 4.90 Å². The molecule has 0 aliphatic carbocycles. The predicted molar refractivity (Wildman–Crippen MR) is 73.0 cm³/mol. The van der Waals surface area contributed by atoms with Gasteiger partial charge in [-0.1, -0.05) is 15.9 Å². The fourth-order valence-electron chi connectivity index (χ4n) is 3.09. The third-order valence-corrected chi connectivity index (χ3v) is 4.41. The third kappa shape index (κ3) is 1.96. The van der Waals surface area contributed by atoms with Gasteiger partial charge in [-0.3, -0.25) is 0 Å². The van der Waals surface area contributed by atoms with E-state index in [4.69, 9.17) is 5.11 Å². The van der Waals surface area contributed by atoms with Crippen LogP contribution in [0.3, 0.4) is 0 Å². The lowest BCUT2D eigenvalue weighted by atomic mass is 10.1. The van der Waals surface area contributed by atoms with E-state index >= 15 is 0 Å². The van der Waals surface area contributed by atoms with Gasteiger partial charge < -0.3 is 14.9 Å². The standard InChI is InChI=1S/C13H15BrN2O2/c14-9-1-3-10(4-2-9)16-11-5-6-12(16)8-15(7-11)13(17)18/h1-4,11-12H,5-8H2,(H,17,18)/t11-,12+. The number of fused-ring (bicyclic) bond motifs is 2. The summed E-state index contributed by atoms with van der Waals surface area (Å²) in [7, 11) is 0. The molecule has 0 aromatic heterocycles. The van der Waals surface area contributed by atoms with Crippen molar-refractivity contribution in [1.29, 1.82) is 0 Å². The van der Waals surface area contributed by atoms with Gasteiger partial charge in [0.05, 0.1) is 0 Å². The van der Waals surface area contributed by atoms with Gasteiger partial charge in [0, 0.05) is 35.3 Å². The smallest absolute Gasteiger partial charge is 0.407 e. The van der Waals surface area contributed by atoms with E-state index in [0.717, 1.165) is 17.3 Å². The fourth-order valence-corrected chi connectivity index (χ4v) is 3.36. The zero-order chi connectivity index (χ0) is 12.7. The van der Waals surface area contributed by atoms with Crippen LogP contribution in [0.1, 0.15) is 12.8 Å². The Kier molecular flexibility index (Phi) is 2.93. The monoisotopic (exact) mass is 310 g/mol. The van der Waals surface area contributed by atoms with Crippen molar-refractivity contribution in [2.24, 2.45) is 0 Å². The number of halogens is 1. The van der Waals surface area contributed by atoms with E-state index in [0.29, 0.717) is 25.2 Å². The second-order valence-corrected chi connectivity index (χ2v) is 5.87. The van der Waals surface area contributed by atoms with Crippen LogP contribution >= 0.6 is 15.9 Å². The molecule has 96 valence electrons. The van der Waals surface area contributed by atoms with Gasteiger partial charge in [0.1, 0.15) is 0 Å². The van der Waals surface area contributed by atoms with E-state index in [2.05, 4.69) is 33.0 Å². The Balaban J connectivity index is 1.83. The summed E-state index contributed by atoms with van der Waals surface area (Å²) in [6.07, 6.45) is 1.39. The molecule has 2 bridgehead atoms. The summed E-state index contributed by atoms with van der Waals surface area (Å²) in [4.78, 5) is 15.0. The average Bonchev–Trinajstić information content (AvgIpc) is 2.61. The Hall–Kier alpha value is -1.23. The molecule has 18 heavy (non-hydrogen) atoms. The van der Waals surface area contributed by atoms with E-state index in [-0.39, 0.29) is 0 Å². The topological polar surface area (TPSA) is 43.8 Å². The van der Waals surface area contributed by atoms with Gasteiger partial charge in [-0.15, -0.1) is 0 Å². The van der Waals surface area contributed by atoms with Crippen LogP contribution in [0.2, 0.25) is 0 Å². The van der Waals surface area contributed by atoms with Crippen LogP contribution in [-0.4, -0.2) is 41.3 Å². The first kappa shape index (κ1) is 11.8. The molecule has 1 N–H and O–H groups in total. The molecule has 4 nitrogen and oxygen atoms in total. The number of carbonyl (C=O) groups is 1. The maximum atomic E-state index is 11.1.